The minimum Gasteiger partial charge on any atom is -0.399 e. The molecule has 0 spiro atoms. The molecule has 1 aromatic carbocycles. The van der Waals surface area contributed by atoms with Gasteiger partial charge in [-0.2, -0.15) is 0 Å². The Morgan fingerprint density at radius 3 is 3.24 bits per heavy atom. The fourth-order valence-corrected chi connectivity index (χ4v) is 2.62. The van der Waals surface area contributed by atoms with Crippen LogP contribution in [0.25, 0.3) is 10.9 Å². The molecular formula is C15H20N4O2. The lowest BCUT2D eigenvalue weighted by Gasteiger charge is -2.30. The number of nitrogens with two attached hydrogens (primary N) is 1. The molecule has 0 aliphatic carbocycles. The number of hydrogen-bond acceptors (Lipinski definition) is 4. The van der Waals surface area contributed by atoms with Crippen LogP contribution in [0.15, 0.2) is 24.4 Å². The number of carbonyl (C=O) groups excluding carboxylic acids is 1. The molecule has 1 saturated heterocycles. The smallest absolute Gasteiger partial charge is 0.253 e. The molecule has 1 atom stereocenters. The largest absolute Gasteiger partial charge is 0.399 e. The second-order valence-electron chi connectivity index (χ2n) is 5.47. The average molecular weight is 288 g/mol. The minimum absolute atomic E-state index is 0.0444. The van der Waals surface area contributed by atoms with E-state index in [9.17, 15) is 4.79 Å². The number of H-pyrrole nitrogens is 1. The topological polar surface area (TPSA) is 83.4 Å². The highest BCUT2D eigenvalue weighted by Crippen LogP contribution is 2.20. The Balaban J connectivity index is 1.68. The molecule has 112 valence electrons. The third-order valence-electron chi connectivity index (χ3n) is 3.78. The molecule has 3 rings (SSSR count). The van der Waals surface area contributed by atoms with Crippen molar-refractivity contribution in [1.82, 2.24) is 15.2 Å². The van der Waals surface area contributed by atoms with E-state index >= 15 is 0 Å². The molecular weight excluding hydrogens is 268 g/mol. The number of morpholine rings is 1. The van der Waals surface area contributed by atoms with Crippen molar-refractivity contribution in [3.63, 3.8) is 0 Å². The number of fused-ring (bicyclic) bond motifs is 1. The number of likely N-dealkylation sites (N-methyl/N-ethyl adjacent to an activating group) is 1. The van der Waals surface area contributed by atoms with Crippen LogP contribution >= 0.6 is 0 Å². The Kier molecular flexibility index (Phi) is 3.81. The zero-order chi connectivity index (χ0) is 14.8. The van der Waals surface area contributed by atoms with E-state index in [1.165, 1.54) is 0 Å². The van der Waals surface area contributed by atoms with E-state index < -0.39 is 0 Å². The van der Waals surface area contributed by atoms with Gasteiger partial charge in [0.25, 0.3) is 5.91 Å². The van der Waals surface area contributed by atoms with Gasteiger partial charge in [-0.15, -0.1) is 0 Å². The van der Waals surface area contributed by atoms with Gasteiger partial charge in [0.2, 0.25) is 0 Å². The molecule has 4 N–H and O–H groups in total. The molecule has 1 aromatic heterocycles. The second-order valence-corrected chi connectivity index (χ2v) is 5.47. The van der Waals surface area contributed by atoms with Crippen LogP contribution in [0.3, 0.4) is 0 Å². The number of ether oxygens (including phenoxy) is 1. The number of aromatic amines is 1. The highest BCUT2D eigenvalue weighted by molar-refractivity contribution is 6.07. The summed E-state index contributed by atoms with van der Waals surface area (Å²) in [6, 6.07) is 5.50. The van der Waals surface area contributed by atoms with E-state index in [0.29, 0.717) is 24.4 Å². The summed E-state index contributed by atoms with van der Waals surface area (Å²) in [5, 5.41) is 3.78. The molecule has 1 fully saturated rings. The monoisotopic (exact) mass is 288 g/mol. The summed E-state index contributed by atoms with van der Waals surface area (Å²) < 4.78 is 5.64. The third-order valence-corrected chi connectivity index (χ3v) is 3.78. The fourth-order valence-electron chi connectivity index (χ4n) is 2.62. The first kappa shape index (κ1) is 13.9. The van der Waals surface area contributed by atoms with Crippen molar-refractivity contribution < 1.29 is 9.53 Å². The molecule has 6 nitrogen and oxygen atoms in total. The first-order valence-corrected chi connectivity index (χ1v) is 7.08. The molecule has 2 heterocycles. The zero-order valence-electron chi connectivity index (χ0n) is 12.1. The lowest BCUT2D eigenvalue weighted by atomic mass is 10.1. The van der Waals surface area contributed by atoms with Crippen molar-refractivity contribution in [3.8, 4) is 0 Å². The predicted molar refractivity (Wildman–Crippen MR) is 82.3 cm³/mol. The molecule has 6 heteroatoms. The minimum atomic E-state index is -0.108. The van der Waals surface area contributed by atoms with Crippen LogP contribution in [0.2, 0.25) is 0 Å². The Morgan fingerprint density at radius 2 is 2.43 bits per heavy atom. The van der Waals surface area contributed by atoms with Gasteiger partial charge in [0.1, 0.15) is 0 Å². The zero-order valence-corrected chi connectivity index (χ0v) is 12.1. The van der Waals surface area contributed by atoms with Crippen LogP contribution in [0.1, 0.15) is 10.4 Å². The number of aromatic nitrogens is 1. The quantitative estimate of drug-likeness (QED) is 0.730. The Hall–Kier alpha value is -2.05. The number of anilines is 1. The molecule has 1 amide bonds. The summed E-state index contributed by atoms with van der Waals surface area (Å²) in [5.41, 5.74) is 7.95. The van der Waals surface area contributed by atoms with Gasteiger partial charge in [0.15, 0.2) is 0 Å². The first-order chi connectivity index (χ1) is 10.1. The van der Waals surface area contributed by atoms with Crippen LogP contribution in [-0.4, -0.2) is 55.2 Å². The molecule has 21 heavy (non-hydrogen) atoms. The van der Waals surface area contributed by atoms with Crippen molar-refractivity contribution in [1.29, 1.82) is 0 Å². The summed E-state index contributed by atoms with van der Waals surface area (Å²) >= 11 is 0. The first-order valence-electron chi connectivity index (χ1n) is 7.08. The SMILES string of the molecule is CN1CCOC(CNC(=O)c2c[nH]c3ccc(N)cc23)C1. The van der Waals surface area contributed by atoms with Gasteiger partial charge < -0.3 is 25.7 Å². The summed E-state index contributed by atoms with van der Waals surface area (Å²) in [7, 11) is 2.06. The summed E-state index contributed by atoms with van der Waals surface area (Å²) in [4.78, 5) is 17.6. The van der Waals surface area contributed by atoms with Crippen LogP contribution in [0, 0.1) is 0 Å². The molecule has 1 unspecified atom stereocenters. The molecule has 2 aromatic rings. The Morgan fingerprint density at radius 1 is 1.57 bits per heavy atom. The summed E-state index contributed by atoms with van der Waals surface area (Å²) in [5.74, 6) is -0.108. The van der Waals surface area contributed by atoms with Crippen molar-refractivity contribution in [3.05, 3.63) is 30.0 Å². The van der Waals surface area contributed by atoms with Crippen LogP contribution in [-0.2, 0) is 4.74 Å². The van der Waals surface area contributed by atoms with Gasteiger partial charge in [0.05, 0.1) is 18.3 Å². The van der Waals surface area contributed by atoms with E-state index in [-0.39, 0.29) is 12.0 Å². The second kappa shape index (κ2) is 5.75. The van der Waals surface area contributed by atoms with Crippen LogP contribution in [0.5, 0.6) is 0 Å². The highest BCUT2D eigenvalue weighted by atomic mass is 16.5. The van der Waals surface area contributed by atoms with Crippen molar-refractivity contribution in [2.75, 3.05) is 39.0 Å². The van der Waals surface area contributed by atoms with Gasteiger partial charge in [0, 0.05) is 42.4 Å². The highest BCUT2D eigenvalue weighted by Gasteiger charge is 2.19. The number of hydrogen-bond donors (Lipinski definition) is 3. The summed E-state index contributed by atoms with van der Waals surface area (Å²) in [6.07, 6.45) is 1.76. The third kappa shape index (κ3) is 3.01. The normalized spacial score (nSPS) is 19.8. The average Bonchev–Trinajstić information content (AvgIpc) is 2.88. The lowest BCUT2D eigenvalue weighted by Crippen LogP contribution is -2.45. The van der Waals surface area contributed by atoms with Crippen LogP contribution in [0.4, 0.5) is 5.69 Å². The van der Waals surface area contributed by atoms with Gasteiger partial charge in [-0.3, -0.25) is 4.79 Å². The number of amides is 1. The van der Waals surface area contributed by atoms with Crippen molar-refractivity contribution in [2.45, 2.75) is 6.10 Å². The van der Waals surface area contributed by atoms with Crippen molar-refractivity contribution in [2.24, 2.45) is 0 Å². The van der Waals surface area contributed by atoms with Gasteiger partial charge in [-0.25, -0.2) is 0 Å². The van der Waals surface area contributed by atoms with E-state index in [4.69, 9.17) is 10.5 Å². The Bertz CT molecular complexity index is 652. The van der Waals surface area contributed by atoms with E-state index in [1.807, 2.05) is 18.2 Å². The maximum Gasteiger partial charge on any atom is 0.253 e. The van der Waals surface area contributed by atoms with Gasteiger partial charge in [-0.1, -0.05) is 0 Å². The van der Waals surface area contributed by atoms with Gasteiger partial charge in [-0.05, 0) is 25.2 Å². The van der Waals surface area contributed by atoms with Gasteiger partial charge >= 0.3 is 0 Å². The molecule has 0 saturated carbocycles. The van der Waals surface area contributed by atoms with Crippen molar-refractivity contribution >= 4 is 22.5 Å². The maximum absolute atomic E-state index is 12.3. The number of rotatable bonds is 3. The summed E-state index contributed by atoms with van der Waals surface area (Å²) in [6.45, 7) is 2.99. The molecule has 1 aliphatic heterocycles. The molecule has 0 radical (unpaired) electrons. The van der Waals surface area contributed by atoms with E-state index in [0.717, 1.165) is 24.0 Å². The predicted octanol–water partition coefficient (Wildman–Crippen LogP) is 0.810. The lowest BCUT2D eigenvalue weighted by molar-refractivity contribution is -0.0174. The fraction of sp³-hybridized carbons (Fsp3) is 0.400. The van der Waals surface area contributed by atoms with E-state index in [2.05, 4.69) is 22.2 Å². The number of nitrogens with one attached hydrogen (secondary N) is 2. The number of nitrogens with zero attached hydrogens (tertiary/aromatic N) is 1. The molecule has 0 bridgehead atoms. The Labute approximate surface area is 123 Å². The van der Waals surface area contributed by atoms with E-state index in [1.54, 1.807) is 6.20 Å². The number of carbonyl (C=O) groups is 1. The standard InChI is InChI=1S/C15H20N4O2/c1-19-4-5-21-11(9-19)7-18-15(20)13-8-17-14-3-2-10(16)6-12(13)14/h2-3,6,8,11,17H,4-5,7,9,16H2,1H3,(H,18,20). The maximum atomic E-state index is 12.3. The molecule has 1 aliphatic rings. The number of nitrogen functional groups attached to an aromatic ring is 1. The number of benzene rings is 1. The van der Waals surface area contributed by atoms with Crippen LogP contribution < -0.4 is 11.1 Å².